The van der Waals surface area contributed by atoms with E-state index in [-0.39, 0.29) is 5.91 Å². The molecule has 0 radical (unpaired) electrons. The first-order valence-electron chi connectivity index (χ1n) is 10.4. The number of thiazole rings is 1. The normalized spacial score (nSPS) is 17.6. The molecular formula is C23H21N5O3S. The summed E-state index contributed by atoms with van der Waals surface area (Å²) in [6.07, 6.45) is 3.39. The van der Waals surface area contributed by atoms with Crippen molar-refractivity contribution in [1.29, 1.82) is 0 Å². The summed E-state index contributed by atoms with van der Waals surface area (Å²) in [5.41, 5.74) is 2.88. The fourth-order valence-electron chi connectivity index (χ4n) is 4.16. The Morgan fingerprint density at radius 2 is 1.69 bits per heavy atom. The maximum absolute atomic E-state index is 13.1. The number of anilines is 1. The molecule has 2 aliphatic heterocycles. The lowest BCUT2D eigenvalue weighted by Crippen LogP contribution is -2.52. The van der Waals surface area contributed by atoms with E-state index in [1.807, 2.05) is 29.6 Å². The van der Waals surface area contributed by atoms with Gasteiger partial charge in [-0.1, -0.05) is 18.2 Å². The van der Waals surface area contributed by atoms with Gasteiger partial charge in [-0.05, 0) is 18.2 Å². The predicted molar refractivity (Wildman–Crippen MR) is 121 cm³/mol. The van der Waals surface area contributed by atoms with Crippen LogP contribution in [-0.4, -0.2) is 70.1 Å². The molecule has 2 aromatic heterocycles. The summed E-state index contributed by atoms with van der Waals surface area (Å²) in [5.74, 6) is -1.67. The van der Waals surface area contributed by atoms with Crippen molar-refractivity contribution in [2.75, 3.05) is 38.0 Å². The zero-order valence-electron chi connectivity index (χ0n) is 17.2. The van der Waals surface area contributed by atoms with E-state index in [0.29, 0.717) is 44.0 Å². The molecule has 0 bridgehead atoms. The average molecular weight is 448 g/mol. The van der Waals surface area contributed by atoms with E-state index in [2.05, 4.69) is 15.3 Å². The van der Waals surface area contributed by atoms with Crippen molar-refractivity contribution < 1.29 is 14.4 Å². The van der Waals surface area contributed by atoms with Crippen molar-refractivity contribution in [2.45, 2.75) is 5.92 Å². The minimum Gasteiger partial charge on any atom is -0.382 e. The number of ketones is 1. The monoisotopic (exact) mass is 447 g/mol. The summed E-state index contributed by atoms with van der Waals surface area (Å²) >= 11 is 1.51. The molecule has 4 heterocycles. The van der Waals surface area contributed by atoms with Crippen molar-refractivity contribution in [3.05, 3.63) is 65.4 Å². The van der Waals surface area contributed by atoms with Crippen molar-refractivity contribution >= 4 is 34.6 Å². The Labute approximate surface area is 188 Å². The molecule has 0 spiro atoms. The summed E-state index contributed by atoms with van der Waals surface area (Å²) in [6.45, 7) is 1.81. The highest BCUT2D eigenvalue weighted by Crippen LogP contribution is 2.39. The molecular weight excluding hydrogens is 426 g/mol. The second kappa shape index (κ2) is 8.51. The molecule has 1 saturated heterocycles. The lowest BCUT2D eigenvalue weighted by molar-refractivity contribution is -0.146. The molecule has 0 saturated carbocycles. The number of nitrogens with zero attached hydrogens (tertiary/aromatic N) is 4. The molecule has 162 valence electrons. The van der Waals surface area contributed by atoms with Crippen LogP contribution in [0.5, 0.6) is 0 Å². The number of pyridine rings is 1. The fourth-order valence-corrected chi connectivity index (χ4v) is 4.83. The van der Waals surface area contributed by atoms with Crippen LogP contribution < -0.4 is 5.32 Å². The number of fused-ring (bicyclic) bond motifs is 1. The molecule has 5 rings (SSSR count). The van der Waals surface area contributed by atoms with Gasteiger partial charge in [-0.2, -0.15) is 0 Å². The summed E-state index contributed by atoms with van der Waals surface area (Å²) in [5, 5.41) is 5.98. The zero-order chi connectivity index (χ0) is 22.1. The van der Waals surface area contributed by atoms with Gasteiger partial charge in [0.2, 0.25) is 5.78 Å². The third kappa shape index (κ3) is 3.64. The number of hydrogen-bond acceptors (Lipinski definition) is 7. The summed E-state index contributed by atoms with van der Waals surface area (Å²) in [7, 11) is 0. The van der Waals surface area contributed by atoms with E-state index in [1.54, 1.807) is 34.3 Å². The van der Waals surface area contributed by atoms with Gasteiger partial charge in [0.15, 0.2) is 0 Å². The van der Waals surface area contributed by atoms with Crippen LogP contribution in [-0.2, 0) is 9.59 Å². The number of Topliss-reactive ketones (excluding diaryl/α,β-unsaturated/α-hetero) is 1. The number of carbonyl (C=O) groups excluding carboxylic acids is 3. The minimum atomic E-state index is -0.624. The largest absolute Gasteiger partial charge is 0.382 e. The summed E-state index contributed by atoms with van der Waals surface area (Å²) in [4.78, 5) is 50.7. The molecule has 1 unspecified atom stereocenters. The molecule has 1 atom stereocenters. The van der Waals surface area contributed by atoms with E-state index in [1.165, 1.54) is 11.3 Å². The van der Waals surface area contributed by atoms with Gasteiger partial charge in [-0.3, -0.25) is 19.4 Å². The van der Waals surface area contributed by atoms with Gasteiger partial charge in [0.1, 0.15) is 5.01 Å². The molecule has 2 aliphatic rings. The maximum Gasteiger partial charge on any atom is 0.290 e. The van der Waals surface area contributed by atoms with Crippen molar-refractivity contribution in [2.24, 2.45) is 0 Å². The molecule has 1 fully saturated rings. The fraction of sp³-hybridized carbons (Fsp3) is 0.261. The van der Waals surface area contributed by atoms with Crippen molar-refractivity contribution in [3.8, 4) is 10.6 Å². The topological polar surface area (TPSA) is 95.5 Å². The van der Waals surface area contributed by atoms with Crippen LogP contribution in [0.2, 0.25) is 0 Å². The average Bonchev–Trinajstić information content (AvgIpc) is 3.53. The third-order valence-corrected chi connectivity index (χ3v) is 6.66. The van der Waals surface area contributed by atoms with E-state index in [0.717, 1.165) is 16.3 Å². The first-order chi connectivity index (χ1) is 15.6. The SMILES string of the molecule is O=C(C(=O)N1CCN(C(=O)c2ccccc2)CC1)C1CNc2c(-c3nccs3)ccnc21. The van der Waals surface area contributed by atoms with Gasteiger partial charge >= 0.3 is 0 Å². The van der Waals surface area contributed by atoms with E-state index >= 15 is 0 Å². The van der Waals surface area contributed by atoms with Crippen LogP contribution in [0.4, 0.5) is 5.69 Å². The van der Waals surface area contributed by atoms with Crippen LogP contribution in [0.15, 0.2) is 54.2 Å². The first-order valence-corrected chi connectivity index (χ1v) is 11.3. The highest BCUT2D eigenvalue weighted by atomic mass is 32.1. The molecule has 1 aromatic carbocycles. The second-order valence-electron chi connectivity index (χ2n) is 7.70. The minimum absolute atomic E-state index is 0.0585. The Bertz CT molecular complexity index is 1160. The Balaban J connectivity index is 1.26. The number of carbonyl (C=O) groups is 3. The van der Waals surface area contributed by atoms with Crippen molar-refractivity contribution in [3.63, 3.8) is 0 Å². The van der Waals surface area contributed by atoms with Crippen LogP contribution in [0.1, 0.15) is 22.0 Å². The zero-order valence-corrected chi connectivity index (χ0v) is 18.0. The van der Waals surface area contributed by atoms with Gasteiger partial charge in [0.25, 0.3) is 11.8 Å². The summed E-state index contributed by atoms with van der Waals surface area (Å²) < 4.78 is 0. The maximum atomic E-state index is 13.1. The van der Waals surface area contributed by atoms with Gasteiger partial charge in [-0.25, -0.2) is 4.98 Å². The molecule has 2 amide bonds. The molecule has 9 heteroatoms. The highest BCUT2D eigenvalue weighted by molar-refractivity contribution is 7.13. The lowest BCUT2D eigenvalue weighted by Gasteiger charge is -2.34. The van der Waals surface area contributed by atoms with Crippen molar-refractivity contribution in [1.82, 2.24) is 19.8 Å². The molecule has 3 aromatic rings. The molecule has 1 N–H and O–H groups in total. The number of amides is 2. The predicted octanol–water partition coefficient (Wildman–Crippen LogP) is 2.27. The van der Waals surface area contributed by atoms with E-state index in [9.17, 15) is 14.4 Å². The van der Waals surface area contributed by atoms with Gasteiger partial charge < -0.3 is 15.1 Å². The second-order valence-corrected chi connectivity index (χ2v) is 8.60. The van der Waals surface area contributed by atoms with Crippen LogP contribution in [0, 0.1) is 0 Å². The Hall–Kier alpha value is -3.59. The third-order valence-electron chi connectivity index (χ3n) is 5.86. The smallest absolute Gasteiger partial charge is 0.290 e. The van der Waals surface area contributed by atoms with Crippen LogP contribution >= 0.6 is 11.3 Å². The van der Waals surface area contributed by atoms with E-state index in [4.69, 9.17) is 0 Å². The number of hydrogen-bond donors (Lipinski definition) is 1. The molecule has 32 heavy (non-hydrogen) atoms. The number of rotatable bonds is 4. The Morgan fingerprint density at radius 1 is 0.938 bits per heavy atom. The lowest BCUT2D eigenvalue weighted by atomic mass is 9.99. The van der Waals surface area contributed by atoms with Gasteiger partial charge in [0, 0.05) is 61.6 Å². The van der Waals surface area contributed by atoms with Gasteiger partial charge in [0.05, 0.1) is 17.3 Å². The quantitative estimate of drug-likeness (QED) is 0.617. The molecule has 0 aliphatic carbocycles. The highest BCUT2D eigenvalue weighted by Gasteiger charge is 2.38. The summed E-state index contributed by atoms with van der Waals surface area (Å²) in [6, 6.07) is 10.9. The Morgan fingerprint density at radius 3 is 2.41 bits per heavy atom. The first kappa shape index (κ1) is 20.3. The standard InChI is InChI=1S/C23H21N5O3S/c29-20(17-14-26-18-16(6-7-24-19(17)18)21-25-8-13-32-21)23(31)28-11-9-27(10-12-28)22(30)15-4-2-1-3-5-15/h1-8,13,17,26H,9-12,14H2. The Kier molecular flexibility index (Phi) is 5.40. The number of piperazine rings is 1. The van der Waals surface area contributed by atoms with E-state index < -0.39 is 17.6 Å². The number of aromatic nitrogens is 2. The van der Waals surface area contributed by atoms with Gasteiger partial charge in [-0.15, -0.1) is 11.3 Å². The number of nitrogens with one attached hydrogen (secondary N) is 1. The number of benzene rings is 1. The van der Waals surface area contributed by atoms with Crippen LogP contribution in [0.3, 0.4) is 0 Å². The van der Waals surface area contributed by atoms with Crippen LogP contribution in [0.25, 0.3) is 10.6 Å². The molecule has 8 nitrogen and oxygen atoms in total.